The molecule has 1 unspecified atom stereocenters. The summed E-state index contributed by atoms with van der Waals surface area (Å²) in [6.45, 7) is 1.59. The number of hydrogen-bond acceptors (Lipinski definition) is 2. The van der Waals surface area contributed by atoms with E-state index in [-0.39, 0.29) is 45.3 Å². The van der Waals surface area contributed by atoms with Crippen molar-refractivity contribution in [2.24, 2.45) is 0 Å². The van der Waals surface area contributed by atoms with Gasteiger partial charge < -0.3 is 4.90 Å². The number of halogens is 7. The lowest BCUT2D eigenvalue weighted by molar-refractivity contribution is -0.139. The van der Waals surface area contributed by atoms with E-state index in [0.717, 1.165) is 18.2 Å². The topological polar surface area (TPSA) is 37.4 Å². The summed E-state index contributed by atoms with van der Waals surface area (Å²) >= 11 is 20.9. The molecule has 32 heavy (non-hydrogen) atoms. The summed E-state index contributed by atoms with van der Waals surface area (Å²) in [5.41, 5.74) is 0.607. The Labute approximate surface area is 207 Å². The van der Waals surface area contributed by atoms with E-state index in [9.17, 15) is 22.8 Å². The average Bonchev–Trinajstić information content (AvgIpc) is 2.70. The number of hydrogen-bond donors (Lipinski definition) is 0. The molecule has 0 saturated heterocycles. The summed E-state index contributed by atoms with van der Waals surface area (Å²) in [4.78, 5) is 25.4. The maximum absolute atomic E-state index is 13.7. The fourth-order valence-electron chi connectivity index (χ4n) is 2.89. The molecule has 0 bridgehead atoms. The number of allylic oxidation sites excluding steroid dienone is 1. The molecule has 0 aliphatic heterocycles. The Morgan fingerprint density at radius 3 is 2.22 bits per heavy atom. The van der Waals surface area contributed by atoms with Crippen molar-refractivity contribution in [2.75, 3.05) is 13.6 Å². The van der Waals surface area contributed by atoms with Gasteiger partial charge in [-0.2, -0.15) is 13.2 Å². The highest BCUT2D eigenvalue weighted by Gasteiger charge is 2.39. The van der Waals surface area contributed by atoms with Crippen LogP contribution in [-0.2, 0) is 4.79 Å². The number of rotatable bonds is 7. The van der Waals surface area contributed by atoms with Crippen molar-refractivity contribution >= 4 is 68.5 Å². The minimum atomic E-state index is -4.60. The first-order chi connectivity index (χ1) is 14.8. The molecule has 0 aliphatic rings. The van der Waals surface area contributed by atoms with Crippen LogP contribution in [0.5, 0.6) is 0 Å². The molecule has 1 atom stereocenters. The molecule has 0 radical (unpaired) electrons. The fourth-order valence-corrected chi connectivity index (χ4v) is 4.12. The summed E-state index contributed by atoms with van der Waals surface area (Å²) in [7, 11) is 1.53. The van der Waals surface area contributed by atoms with Crippen molar-refractivity contribution in [1.82, 2.24) is 4.90 Å². The summed E-state index contributed by atoms with van der Waals surface area (Å²) in [5.74, 6) is -2.44. The standard InChI is InChI=1S/C22H18BrCl3F3NO2/c1-3-20(32)30(2)11-19(31)14-6-4-12(8-16(14)23)5-7-15(22(27,28)29)13-9-17(24)21(26)18(25)10-13/h4-10,15H,3,11H2,1-2H3/b7-5+. The molecule has 0 aromatic heterocycles. The lowest BCUT2D eigenvalue weighted by atomic mass is 9.96. The lowest BCUT2D eigenvalue weighted by Gasteiger charge is -2.18. The van der Waals surface area contributed by atoms with Crippen LogP contribution >= 0.6 is 50.7 Å². The third-order valence-electron chi connectivity index (χ3n) is 4.60. The second-order valence-corrected chi connectivity index (χ2v) is 8.99. The second kappa shape index (κ2) is 11.1. The van der Waals surface area contributed by atoms with E-state index in [1.165, 1.54) is 36.2 Å². The zero-order chi connectivity index (χ0) is 24.2. The molecule has 0 fully saturated rings. The molecule has 1 amide bonds. The maximum Gasteiger partial charge on any atom is 0.399 e. The van der Waals surface area contributed by atoms with E-state index < -0.39 is 12.1 Å². The number of carbonyl (C=O) groups excluding carboxylic acids is 2. The summed E-state index contributed by atoms with van der Waals surface area (Å²) in [6, 6.07) is 6.80. The number of Topliss-reactive ketones (excluding diaryl/α,β-unsaturated/α-hetero) is 1. The zero-order valence-corrected chi connectivity index (χ0v) is 20.8. The number of alkyl halides is 3. The Kier molecular flexibility index (Phi) is 9.23. The van der Waals surface area contributed by atoms with Crippen molar-refractivity contribution in [3.8, 4) is 0 Å². The number of carbonyl (C=O) groups is 2. The van der Waals surface area contributed by atoms with Gasteiger partial charge in [0.2, 0.25) is 5.91 Å². The van der Waals surface area contributed by atoms with Crippen LogP contribution in [0.2, 0.25) is 15.1 Å². The molecule has 2 rings (SSSR count). The van der Waals surface area contributed by atoms with Gasteiger partial charge in [-0.15, -0.1) is 0 Å². The normalized spacial score (nSPS) is 12.8. The summed E-state index contributed by atoms with van der Waals surface area (Å²) < 4.78 is 41.4. The van der Waals surface area contributed by atoms with Gasteiger partial charge in [-0.1, -0.05) is 75.9 Å². The Bertz CT molecular complexity index is 1030. The number of benzene rings is 2. The number of ketones is 1. The van der Waals surface area contributed by atoms with Crippen molar-refractivity contribution in [1.29, 1.82) is 0 Å². The summed E-state index contributed by atoms with van der Waals surface area (Å²) in [5, 5.41) is -0.166. The van der Waals surface area contributed by atoms with Gasteiger partial charge in [-0.3, -0.25) is 9.59 Å². The van der Waals surface area contributed by atoms with Gasteiger partial charge in [0.05, 0.1) is 27.5 Å². The van der Waals surface area contributed by atoms with E-state index in [1.54, 1.807) is 6.92 Å². The molecular formula is C22H18BrCl3F3NO2. The molecule has 0 aliphatic carbocycles. The third kappa shape index (κ3) is 6.73. The van der Waals surface area contributed by atoms with Crippen LogP contribution in [0.1, 0.15) is 40.7 Å². The molecule has 0 heterocycles. The smallest absolute Gasteiger partial charge is 0.338 e. The Hall–Kier alpha value is -1.54. The van der Waals surface area contributed by atoms with Crippen LogP contribution in [0.25, 0.3) is 6.08 Å². The molecule has 2 aromatic carbocycles. The first kappa shape index (κ1) is 26.7. The first-order valence-corrected chi connectivity index (χ1v) is 11.2. The Morgan fingerprint density at radius 2 is 1.72 bits per heavy atom. The molecular weight excluding hydrogens is 554 g/mol. The van der Waals surface area contributed by atoms with Gasteiger partial charge >= 0.3 is 6.18 Å². The monoisotopic (exact) mass is 569 g/mol. The predicted molar refractivity (Wildman–Crippen MR) is 126 cm³/mol. The number of likely N-dealkylation sites (N-methyl/N-ethyl adjacent to an activating group) is 1. The van der Waals surface area contributed by atoms with Gasteiger partial charge in [0, 0.05) is 23.5 Å². The maximum atomic E-state index is 13.7. The van der Waals surface area contributed by atoms with Crippen LogP contribution in [-0.4, -0.2) is 36.4 Å². The second-order valence-electron chi connectivity index (χ2n) is 6.94. The molecule has 0 N–H and O–H groups in total. The molecule has 2 aromatic rings. The van der Waals surface area contributed by atoms with Crippen molar-refractivity contribution < 1.29 is 22.8 Å². The minimum Gasteiger partial charge on any atom is -0.338 e. The van der Waals surface area contributed by atoms with Gasteiger partial charge in [0.1, 0.15) is 0 Å². The van der Waals surface area contributed by atoms with Crippen LogP contribution in [0.15, 0.2) is 40.9 Å². The van der Waals surface area contributed by atoms with Gasteiger partial charge in [0.25, 0.3) is 0 Å². The van der Waals surface area contributed by atoms with E-state index >= 15 is 0 Å². The molecule has 0 spiro atoms. The van der Waals surface area contributed by atoms with Crippen LogP contribution < -0.4 is 0 Å². The third-order valence-corrected chi connectivity index (χ3v) is 6.45. The SMILES string of the molecule is CCC(=O)N(C)CC(=O)c1ccc(/C=C/C(c2cc(Cl)c(Cl)c(Cl)c2)C(F)(F)F)cc1Br. The van der Waals surface area contributed by atoms with Gasteiger partial charge in [-0.05, 0) is 35.4 Å². The Balaban J connectivity index is 2.30. The average molecular weight is 572 g/mol. The molecule has 3 nitrogen and oxygen atoms in total. The van der Waals surface area contributed by atoms with E-state index in [0.29, 0.717) is 15.6 Å². The zero-order valence-electron chi connectivity index (χ0n) is 16.9. The van der Waals surface area contributed by atoms with Gasteiger partial charge in [0.15, 0.2) is 5.78 Å². The highest BCUT2D eigenvalue weighted by Crippen LogP contribution is 2.41. The molecule has 0 saturated carbocycles. The van der Waals surface area contributed by atoms with Crippen molar-refractivity contribution in [3.63, 3.8) is 0 Å². The number of nitrogens with zero attached hydrogens (tertiary/aromatic N) is 1. The minimum absolute atomic E-state index is 0.0162. The lowest BCUT2D eigenvalue weighted by Crippen LogP contribution is -2.31. The van der Waals surface area contributed by atoms with Crippen LogP contribution in [0.4, 0.5) is 13.2 Å². The highest BCUT2D eigenvalue weighted by atomic mass is 79.9. The first-order valence-electron chi connectivity index (χ1n) is 9.31. The highest BCUT2D eigenvalue weighted by molar-refractivity contribution is 9.10. The van der Waals surface area contributed by atoms with Crippen LogP contribution in [0.3, 0.4) is 0 Å². The quantitative estimate of drug-likeness (QED) is 0.251. The van der Waals surface area contributed by atoms with Gasteiger partial charge in [-0.25, -0.2) is 0 Å². The molecule has 172 valence electrons. The molecule has 10 heteroatoms. The Morgan fingerprint density at radius 1 is 1.12 bits per heavy atom. The van der Waals surface area contributed by atoms with E-state index in [1.807, 2.05) is 0 Å². The largest absolute Gasteiger partial charge is 0.399 e. The van der Waals surface area contributed by atoms with Crippen molar-refractivity contribution in [2.45, 2.75) is 25.4 Å². The fraction of sp³-hybridized carbons (Fsp3) is 0.273. The summed E-state index contributed by atoms with van der Waals surface area (Å²) in [6.07, 6.45) is -2.05. The number of amides is 1. The van der Waals surface area contributed by atoms with E-state index in [2.05, 4.69) is 15.9 Å². The van der Waals surface area contributed by atoms with Crippen molar-refractivity contribution in [3.05, 3.63) is 72.6 Å². The van der Waals surface area contributed by atoms with E-state index in [4.69, 9.17) is 34.8 Å². The van der Waals surface area contributed by atoms with Crippen LogP contribution in [0, 0.1) is 0 Å². The predicted octanol–water partition coefficient (Wildman–Crippen LogP) is 7.82.